The summed E-state index contributed by atoms with van der Waals surface area (Å²) in [5.41, 5.74) is -2.60. The van der Waals surface area contributed by atoms with Gasteiger partial charge in [0, 0.05) is 37.7 Å². The summed E-state index contributed by atoms with van der Waals surface area (Å²) >= 11 is 0. The topological polar surface area (TPSA) is 246 Å². The van der Waals surface area contributed by atoms with Crippen LogP contribution in [0.2, 0.25) is 0 Å². The molecular formula is C75H89NO17. The summed E-state index contributed by atoms with van der Waals surface area (Å²) in [6.07, 6.45) is 1.39. The first-order chi connectivity index (χ1) is 44.0. The van der Waals surface area contributed by atoms with Gasteiger partial charge in [0.1, 0.15) is 47.1 Å². The summed E-state index contributed by atoms with van der Waals surface area (Å²) in [6.45, 7) is 20.5. The number of ketones is 1. The Morgan fingerprint density at radius 2 is 1.37 bits per heavy atom. The highest BCUT2D eigenvalue weighted by Gasteiger charge is 2.78. The molecule has 3 aliphatic carbocycles. The molecule has 2 saturated carbocycles. The fourth-order valence-corrected chi connectivity index (χ4v) is 14.5. The van der Waals surface area contributed by atoms with Crippen LogP contribution >= 0.6 is 0 Å². The van der Waals surface area contributed by atoms with Crippen LogP contribution < -0.4 is 14.8 Å². The zero-order chi connectivity index (χ0) is 67.4. The summed E-state index contributed by atoms with van der Waals surface area (Å²) in [5.74, 6) is -6.41. The Kier molecular flexibility index (Phi) is 21.0. The zero-order valence-corrected chi connectivity index (χ0v) is 55.5. The molecule has 4 aromatic carbocycles. The van der Waals surface area contributed by atoms with Crippen molar-refractivity contribution in [2.45, 2.75) is 207 Å². The molecule has 12 atom stereocenters. The average Bonchev–Trinajstić information content (AvgIpc) is 0.670. The standard InChI is InChI=1S/C75H89NO17/c1-44(2)25-22-26-45(3)27-23-28-46(4)29-24-37-72(11)38-36-54-40-55(39-47(5)61(54)93-72)88-70(84)90-63(60(51-30-16-13-17-31-51)76-67(81)52-32-18-14-19-33-52)69(83)89-56-42-75(85)66(91-68(82)53-34-20-15-21-35-53)64-73(12,57(79)41-58-74(64,43-86-58)92-50(8)78)65(80)62(87-49(7)77)59(48(56)6)71(75,9)10/h13-21,25,27,29-35,39-40,56-58,60,62-64,66,79,85H,22-24,26,28,36-38,41-43H2,1-12H3,(H,76,81)/b45-27+,46-29+/t56-,57-,58+,60+,62-,63+,64-,66-,72+,73+,74-,75-/m0/s1. The van der Waals surface area contributed by atoms with Crippen LogP contribution in [0.1, 0.15) is 177 Å². The number of benzene rings is 4. The van der Waals surface area contributed by atoms with Crippen molar-refractivity contribution in [1.29, 1.82) is 0 Å². The lowest BCUT2D eigenvalue weighted by molar-refractivity contribution is -0.346. The Morgan fingerprint density at radius 1 is 0.753 bits per heavy atom. The SMILES string of the molecule is CC(=O)O[C@@H]1C(=O)[C@@]2(C)[C@H]([C@H](OC(=O)c3ccccc3)[C@@]3(O)C[C@H](OC(=O)[C@H](OC(=O)Oc4cc(C)c5c(c4)CC[C@@](C)(CC/C=C(\C)CC/C=C(\C)CCC=C(C)C)O5)[C@H](NC(=O)c4ccccc4)c4ccccc4)C(C)=C1C3(C)C)[C@]1(OC(C)=O)CO[C@@H]1C[C@@H]2O. The number of hydrogen-bond donors (Lipinski definition) is 3. The molecule has 0 radical (unpaired) electrons. The Balaban J connectivity index is 1.06. The second-order valence-corrected chi connectivity index (χ2v) is 27.1. The number of rotatable bonds is 21. The highest BCUT2D eigenvalue weighted by atomic mass is 16.7. The van der Waals surface area contributed by atoms with Gasteiger partial charge in [-0.2, -0.15) is 0 Å². The third kappa shape index (κ3) is 14.5. The maximum absolute atomic E-state index is 16.0. The van der Waals surface area contributed by atoms with E-state index in [0.29, 0.717) is 29.7 Å². The van der Waals surface area contributed by atoms with Crippen molar-refractivity contribution >= 4 is 41.7 Å². The molecule has 0 unspecified atom stereocenters. The van der Waals surface area contributed by atoms with Crippen LogP contribution in [0.3, 0.4) is 0 Å². The van der Waals surface area contributed by atoms with Crippen molar-refractivity contribution < 1.29 is 81.7 Å². The van der Waals surface area contributed by atoms with E-state index in [1.54, 1.807) is 105 Å². The van der Waals surface area contributed by atoms with Crippen molar-refractivity contribution in [3.05, 3.63) is 177 Å². The van der Waals surface area contributed by atoms with Crippen molar-refractivity contribution in [2.75, 3.05) is 6.61 Å². The lowest BCUT2D eigenvalue weighted by Crippen LogP contribution is -2.82. The molecule has 0 aromatic heterocycles. The van der Waals surface area contributed by atoms with Gasteiger partial charge in [-0.05, 0) is 171 Å². The fourth-order valence-electron chi connectivity index (χ4n) is 14.5. The molecular weight excluding hydrogens is 1190 g/mol. The number of ether oxygens (including phenoxy) is 8. The van der Waals surface area contributed by atoms with Crippen molar-refractivity contribution in [1.82, 2.24) is 5.32 Å². The number of allylic oxidation sites excluding steroid dienone is 6. The third-order valence-corrected chi connectivity index (χ3v) is 19.8. The minimum Gasteiger partial charge on any atom is -0.487 e. The Morgan fingerprint density at radius 3 is 1.97 bits per heavy atom. The van der Waals surface area contributed by atoms with Crippen molar-refractivity contribution in [3.63, 3.8) is 0 Å². The molecule has 18 nitrogen and oxygen atoms in total. The van der Waals surface area contributed by atoms with E-state index >= 15 is 9.59 Å². The van der Waals surface area contributed by atoms with Gasteiger partial charge in [-0.15, -0.1) is 0 Å². The zero-order valence-electron chi connectivity index (χ0n) is 55.5. The molecule has 9 rings (SSSR count). The predicted octanol–water partition coefficient (Wildman–Crippen LogP) is 12.6. The van der Waals surface area contributed by atoms with E-state index in [-0.39, 0.29) is 41.1 Å². The number of aliphatic hydroxyl groups excluding tert-OH is 1. The van der Waals surface area contributed by atoms with Crippen LogP contribution in [0.5, 0.6) is 11.5 Å². The average molecular weight is 1280 g/mol. The number of aliphatic hydroxyl groups is 2. The molecule has 1 amide bonds. The summed E-state index contributed by atoms with van der Waals surface area (Å²) in [7, 11) is 0. The summed E-state index contributed by atoms with van der Waals surface area (Å²) in [6, 6.07) is 26.1. The number of hydrogen-bond acceptors (Lipinski definition) is 17. The van der Waals surface area contributed by atoms with Gasteiger partial charge in [-0.25, -0.2) is 14.4 Å². The maximum Gasteiger partial charge on any atom is 0.514 e. The summed E-state index contributed by atoms with van der Waals surface area (Å²) in [5, 5.41) is 29.4. The first-order valence-corrected chi connectivity index (χ1v) is 32.2. The van der Waals surface area contributed by atoms with Crippen LogP contribution in [-0.2, 0) is 54.0 Å². The van der Waals surface area contributed by atoms with E-state index < -0.39 is 124 Å². The van der Waals surface area contributed by atoms with Crippen molar-refractivity contribution in [2.24, 2.45) is 16.7 Å². The minimum atomic E-state index is -2.51. The van der Waals surface area contributed by atoms with Crippen molar-refractivity contribution in [3.8, 4) is 11.5 Å². The number of Topliss-reactive ketones (excluding diaryl/α,β-unsaturated/α-hetero) is 1. The first-order valence-electron chi connectivity index (χ1n) is 32.2. The smallest absolute Gasteiger partial charge is 0.487 e. The normalized spacial score (nSPS) is 27.7. The van der Waals surface area contributed by atoms with E-state index in [4.69, 9.17) is 37.9 Å². The molecule has 2 aliphatic heterocycles. The third-order valence-electron chi connectivity index (χ3n) is 19.8. The predicted molar refractivity (Wildman–Crippen MR) is 346 cm³/mol. The second-order valence-electron chi connectivity index (χ2n) is 27.1. The van der Waals surface area contributed by atoms with Crippen LogP contribution in [-0.4, -0.2) is 112 Å². The molecule has 3 fully saturated rings. The van der Waals surface area contributed by atoms with Gasteiger partial charge in [-0.1, -0.05) is 116 Å². The maximum atomic E-state index is 16.0. The molecule has 2 bridgehead atoms. The highest BCUT2D eigenvalue weighted by Crippen LogP contribution is 2.64. The number of carbonyl (C=O) groups excluding carboxylic acids is 7. The highest BCUT2D eigenvalue weighted by molar-refractivity contribution is 5.96. The van der Waals surface area contributed by atoms with Gasteiger partial charge in [0.05, 0.1) is 29.6 Å². The van der Waals surface area contributed by atoms with Gasteiger partial charge in [-0.3, -0.25) is 19.2 Å². The van der Waals surface area contributed by atoms with E-state index in [0.717, 1.165) is 57.9 Å². The Labute approximate surface area is 545 Å². The van der Waals surface area contributed by atoms with Crippen LogP contribution in [0.25, 0.3) is 0 Å². The number of nitrogens with one attached hydrogen (secondary N) is 1. The Hall–Kier alpha value is -8.19. The number of esters is 4. The minimum absolute atomic E-state index is 0.0374. The van der Waals surface area contributed by atoms with Gasteiger partial charge in [0.15, 0.2) is 17.5 Å². The molecule has 1 saturated heterocycles. The molecule has 0 spiro atoms. The van der Waals surface area contributed by atoms with E-state index in [1.165, 1.54) is 42.7 Å². The summed E-state index contributed by atoms with van der Waals surface area (Å²) in [4.78, 5) is 102. The number of amides is 1. The quantitative estimate of drug-likeness (QED) is 0.0304. The van der Waals surface area contributed by atoms with Gasteiger partial charge >= 0.3 is 30.0 Å². The number of fused-ring (bicyclic) bond motifs is 6. The van der Waals surface area contributed by atoms with Gasteiger partial charge < -0.3 is 53.4 Å². The van der Waals surface area contributed by atoms with Crippen LogP contribution in [0.15, 0.2) is 149 Å². The molecule has 496 valence electrons. The summed E-state index contributed by atoms with van der Waals surface area (Å²) < 4.78 is 50.1. The second kappa shape index (κ2) is 28.2. The first kappa shape index (κ1) is 69.2. The number of carbonyl (C=O) groups is 7. The van der Waals surface area contributed by atoms with Crippen LogP contribution in [0, 0.1) is 23.7 Å². The monoisotopic (exact) mass is 1280 g/mol. The molecule has 5 aliphatic rings. The van der Waals surface area contributed by atoms with Crippen LogP contribution in [0.4, 0.5) is 4.79 Å². The van der Waals surface area contributed by atoms with Gasteiger partial charge in [0.2, 0.25) is 6.10 Å². The molecule has 4 aromatic rings. The number of aryl methyl sites for hydroxylation is 2. The van der Waals surface area contributed by atoms with E-state index in [2.05, 4.69) is 58.2 Å². The Bertz CT molecular complexity index is 3610. The molecule has 3 N–H and O–H groups in total. The lowest BCUT2D eigenvalue weighted by Gasteiger charge is -2.67. The molecule has 93 heavy (non-hydrogen) atoms. The lowest BCUT2D eigenvalue weighted by atomic mass is 9.44. The molecule has 2 heterocycles. The van der Waals surface area contributed by atoms with Gasteiger partial charge in [0.25, 0.3) is 5.91 Å². The van der Waals surface area contributed by atoms with E-state index in [9.17, 15) is 34.2 Å². The molecule has 18 heteroatoms. The largest absolute Gasteiger partial charge is 0.514 e. The fraction of sp³-hybridized carbons (Fsp3) is 0.480. The van der Waals surface area contributed by atoms with E-state index in [1.807, 2.05) is 6.92 Å².